The van der Waals surface area contributed by atoms with Crippen molar-refractivity contribution in [2.45, 2.75) is 12.5 Å². The number of primary amides is 1. The van der Waals surface area contributed by atoms with Gasteiger partial charge in [0.2, 0.25) is 5.91 Å². The Morgan fingerprint density at radius 2 is 1.93 bits per heavy atom. The summed E-state index contributed by atoms with van der Waals surface area (Å²) in [7, 11) is 0. The van der Waals surface area contributed by atoms with Gasteiger partial charge in [0.1, 0.15) is 0 Å². The maximum Gasteiger partial charge on any atom is 0.234 e. The summed E-state index contributed by atoms with van der Waals surface area (Å²) in [4.78, 5) is 10.6. The summed E-state index contributed by atoms with van der Waals surface area (Å²) < 4.78 is 0. The predicted molar refractivity (Wildman–Crippen MR) is 57.9 cm³/mol. The lowest BCUT2D eigenvalue weighted by atomic mass is 10.1. The summed E-state index contributed by atoms with van der Waals surface area (Å²) >= 11 is 0. The van der Waals surface area contributed by atoms with E-state index < -0.39 is 11.9 Å². The van der Waals surface area contributed by atoms with Crippen molar-refractivity contribution >= 4 is 18.3 Å². The van der Waals surface area contributed by atoms with Crippen molar-refractivity contribution in [1.29, 1.82) is 0 Å². The lowest BCUT2D eigenvalue weighted by Gasteiger charge is -2.07. The van der Waals surface area contributed by atoms with Crippen molar-refractivity contribution in [2.24, 2.45) is 11.5 Å². The molecule has 0 saturated heterocycles. The van der Waals surface area contributed by atoms with Crippen molar-refractivity contribution in [3.8, 4) is 11.5 Å². The number of phenolic OH excluding ortho intramolecular Hbond substituents is 2. The first kappa shape index (κ1) is 13.5. The number of carbonyl (C=O) groups is 1. The van der Waals surface area contributed by atoms with Crippen LogP contribution in [0.5, 0.6) is 11.5 Å². The first-order valence-electron chi connectivity index (χ1n) is 4.06. The predicted octanol–water partition coefficient (Wildman–Crippen LogP) is -0.125. The highest BCUT2D eigenvalue weighted by molar-refractivity contribution is 5.85. The van der Waals surface area contributed by atoms with E-state index in [2.05, 4.69) is 0 Å². The molecule has 0 aliphatic carbocycles. The fourth-order valence-corrected chi connectivity index (χ4v) is 1.05. The Morgan fingerprint density at radius 1 is 1.33 bits per heavy atom. The minimum Gasteiger partial charge on any atom is -0.504 e. The highest BCUT2D eigenvalue weighted by Gasteiger charge is 2.10. The van der Waals surface area contributed by atoms with E-state index >= 15 is 0 Å². The van der Waals surface area contributed by atoms with Crippen LogP contribution in [-0.2, 0) is 11.2 Å². The Labute approximate surface area is 93.1 Å². The fourth-order valence-electron chi connectivity index (χ4n) is 1.05. The number of aromatic hydroxyl groups is 2. The fraction of sp³-hybridized carbons (Fsp3) is 0.222. The number of benzene rings is 1. The van der Waals surface area contributed by atoms with Crippen LogP contribution in [0.1, 0.15) is 5.56 Å². The number of hydrogen-bond donors (Lipinski definition) is 4. The Kier molecular flexibility index (Phi) is 4.90. The number of carbonyl (C=O) groups excluding carboxylic acids is 1. The molecule has 0 heterocycles. The van der Waals surface area contributed by atoms with Crippen LogP contribution in [0.4, 0.5) is 0 Å². The summed E-state index contributed by atoms with van der Waals surface area (Å²) in [5.41, 5.74) is 11.0. The normalized spacial score (nSPS) is 11.5. The van der Waals surface area contributed by atoms with E-state index in [1.807, 2.05) is 0 Å². The van der Waals surface area contributed by atoms with E-state index in [1.165, 1.54) is 12.1 Å². The Balaban J connectivity index is 0.00000196. The van der Waals surface area contributed by atoms with Gasteiger partial charge in [0.05, 0.1) is 6.04 Å². The molecule has 0 spiro atoms. The molecule has 0 aliphatic heterocycles. The third-order valence-corrected chi connectivity index (χ3v) is 1.86. The second-order valence-electron chi connectivity index (χ2n) is 3.04. The van der Waals surface area contributed by atoms with Crippen molar-refractivity contribution in [1.82, 2.24) is 0 Å². The zero-order valence-electron chi connectivity index (χ0n) is 7.88. The zero-order valence-corrected chi connectivity index (χ0v) is 8.70. The standard InChI is InChI=1S/C9H12N2O3.ClH/c10-6(9(11)14)3-5-1-2-7(12)8(13)4-5;/h1-2,4,6,12-13H,3,10H2,(H2,11,14);1H/t6-;/m0./s1. The van der Waals surface area contributed by atoms with Gasteiger partial charge in [0, 0.05) is 0 Å². The van der Waals surface area contributed by atoms with Crippen LogP contribution >= 0.6 is 12.4 Å². The monoisotopic (exact) mass is 232 g/mol. The minimum atomic E-state index is -0.779. The molecule has 6 N–H and O–H groups in total. The molecule has 84 valence electrons. The van der Waals surface area contributed by atoms with Crippen LogP contribution in [0.25, 0.3) is 0 Å². The van der Waals surface area contributed by atoms with E-state index in [-0.39, 0.29) is 30.3 Å². The Morgan fingerprint density at radius 3 is 2.40 bits per heavy atom. The van der Waals surface area contributed by atoms with Gasteiger partial charge in [-0.3, -0.25) is 4.79 Å². The molecule has 0 radical (unpaired) electrons. The van der Waals surface area contributed by atoms with Gasteiger partial charge in [0.15, 0.2) is 11.5 Å². The van der Waals surface area contributed by atoms with Gasteiger partial charge in [-0.1, -0.05) is 6.07 Å². The van der Waals surface area contributed by atoms with Crippen molar-refractivity contribution < 1.29 is 15.0 Å². The van der Waals surface area contributed by atoms with Gasteiger partial charge >= 0.3 is 0 Å². The van der Waals surface area contributed by atoms with Gasteiger partial charge in [0.25, 0.3) is 0 Å². The van der Waals surface area contributed by atoms with E-state index in [1.54, 1.807) is 6.07 Å². The second kappa shape index (κ2) is 5.43. The average molecular weight is 233 g/mol. The van der Waals surface area contributed by atoms with Gasteiger partial charge in [-0.05, 0) is 24.1 Å². The SMILES string of the molecule is Cl.NC(=O)[C@@H](N)Cc1ccc(O)c(O)c1. The summed E-state index contributed by atoms with van der Waals surface area (Å²) in [6.07, 6.45) is 0.239. The third-order valence-electron chi connectivity index (χ3n) is 1.86. The largest absolute Gasteiger partial charge is 0.504 e. The molecular formula is C9H13ClN2O3. The van der Waals surface area contributed by atoms with Crippen molar-refractivity contribution in [3.63, 3.8) is 0 Å². The molecule has 1 amide bonds. The van der Waals surface area contributed by atoms with Crippen LogP contribution in [0.3, 0.4) is 0 Å². The zero-order chi connectivity index (χ0) is 10.7. The number of halogens is 1. The van der Waals surface area contributed by atoms with Crippen molar-refractivity contribution in [2.75, 3.05) is 0 Å². The second-order valence-corrected chi connectivity index (χ2v) is 3.04. The summed E-state index contributed by atoms with van der Waals surface area (Å²) in [5, 5.41) is 18.2. The molecule has 1 rings (SSSR count). The van der Waals surface area contributed by atoms with Crippen LogP contribution in [0, 0.1) is 0 Å². The van der Waals surface area contributed by atoms with Gasteiger partial charge in [-0.15, -0.1) is 12.4 Å². The molecular weight excluding hydrogens is 220 g/mol. The highest BCUT2D eigenvalue weighted by Crippen LogP contribution is 2.25. The molecule has 0 saturated carbocycles. The van der Waals surface area contributed by atoms with Gasteiger partial charge in [-0.2, -0.15) is 0 Å². The van der Waals surface area contributed by atoms with Crippen LogP contribution in [0.15, 0.2) is 18.2 Å². The molecule has 6 heteroatoms. The average Bonchev–Trinajstić information content (AvgIpc) is 2.11. The lowest BCUT2D eigenvalue weighted by molar-refractivity contribution is -0.119. The first-order chi connectivity index (χ1) is 6.50. The maximum absolute atomic E-state index is 10.6. The maximum atomic E-state index is 10.6. The highest BCUT2D eigenvalue weighted by atomic mass is 35.5. The quantitative estimate of drug-likeness (QED) is 0.545. The molecule has 1 aromatic rings. The van der Waals surface area contributed by atoms with Gasteiger partial charge < -0.3 is 21.7 Å². The smallest absolute Gasteiger partial charge is 0.234 e. The molecule has 5 nitrogen and oxygen atoms in total. The van der Waals surface area contributed by atoms with Crippen LogP contribution < -0.4 is 11.5 Å². The molecule has 0 unspecified atom stereocenters. The van der Waals surface area contributed by atoms with Crippen LogP contribution in [0.2, 0.25) is 0 Å². The summed E-state index contributed by atoms with van der Waals surface area (Å²) in [5.74, 6) is -1.04. The Hall–Kier alpha value is -1.46. The van der Waals surface area contributed by atoms with E-state index in [0.717, 1.165) is 0 Å². The molecule has 1 aromatic carbocycles. The molecule has 0 aromatic heterocycles. The van der Waals surface area contributed by atoms with Crippen LogP contribution in [-0.4, -0.2) is 22.2 Å². The number of hydrogen-bond acceptors (Lipinski definition) is 4. The number of rotatable bonds is 3. The minimum absolute atomic E-state index is 0. The molecule has 0 bridgehead atoms. The molecule has 15 heavy (non-hydrogen) atoms. The van der Waals surface area contributed by atoms with Gasteiger partial charge in [-0.25, -0.2) is 0 Å². The first-order valence-corrected chi connectivity index (χ1v) is 4.06. The molecule has 1 atom stereocenters. The number of nitrogens with two attached hydrogens (primary N) is 2. The number of phenols is 2. The molecule has 0 fully saturated rings. The lowest BCUT2D eigenvalue weighted by Crippen LogP contribution is -2.38. The Bertz CT molecular complexity index is 357. The topological polar surface area (TPSA) is 110 Å². The van der Waals surface area contributed by atoms with E-state index in [9.17, 15) is 4.79 Å². The van der Waals surface area contributed by atoms with E-state index in [4.69, 9.17) is 21.7 Å². The number of amides is 1. The molecule has 0 aliphatic rings. The summed E-state index contributed by atoms with van der Waals surface area (Å²) in [6.45, 7) is 0. The summed E-state index contributed by atoms with van der Waals surface area (Å²) in [6, 6.07) is 3.47. The van der Waals surface area contributed by atoms with E-state index in [0.29, 0.717) is 5.56 Å². The third kappa shape index (κ3) is 3.65. The van der Waals surface area contributed by atoms with Crippen molar-refractivity contribution in [3.05, 3.63) is 23.8 Å².